The highest BCUT2D eigenvalue weighted by Crippen LogP contribution is 2.14. The minimum Gasteiger partial charge on any atom is -0.469 e. The molecule has 0 spiro atoms. The molecular weight excluding hydrogens is 202 g/mol. The number of furan rings is 1. The fraction of sp³-hybridized carbons (Fsp3) is 0.231. The summed E-state index contributed by atoms with van der Waals surface area (Å²) in [5.74, 6) is 0.840. The summed E-state index contributed by atoms with van der Waals surface area (Å²) in [5, 5.41) is 0. The second kappa shape index (κ2) is 4.75. The molecule has 3 nitrogen and oxygen atoms in total. The Bertz CT molecular complexity index is 474. The van der Waals surface area contributed by atoms with E-state index in [-0.39, 0.29) is 5.78 Å². The van der Waals surface area contributed by atoms with Crippen molar-refractivity contribution in [1.82, 2.24) is 4.98 Å². The molecule has 16 heavy (non-hydrogen) atoms. The molecule has 0 atom stereocenters. The van der Waals surface area contributed by atoms with Gasteiger partial charge in [-0.3, -0.25) is 9.78 Å². The Labute approximate surface area is 94.1 Å². The number of hydrogen-bond donors (Lipinski definition) is 0. The zero-order chi connectivity index (χ0) is 11.4. The van der Waals surface area contributed by atoms with Crippen molar-refractivity contribution < 1.29 is 9.21 Å². The van der Waals surface area contributed by atoms with Crippen molar-refractivity contribution >= 4 is 5.78 Å². The third kappa shape index (κ3) is 2.19. The second-order valence-corrected chi connectivity index (χ2v) is 3.57. The lowest BCUT2D eigenvalue weighted by Gasteiger charge is -2.00. The van der Waals surface area contributed by atoms with Crippen LogP contribution in [0.3, 0.4) is 0 Å². The molecule has 2 aromatic heterocycles. The summed E-state index contributed by atoms with van der Waals surface area (Å²) in [5.41, 5.74) is 1.61. The van der Waals surface area contributed by atoms with Crippen LogP contribution in [0.25, 0.3) is 0 Å². The summed E-state index contributed by atoms with van der Waals surface area (Å²) in [7, 11) is 0. The zero-order valence-electron chi connectivity index (χ0n) is 9.14. The van der Waals surface area contributed by atoms with Crippen LogP contribution in [0, 0.1) is 0 Å². The fourth-order valence-electron chi connectivity index (χ4n) is 1.65. The van der Waals surface area contributed by atoms with E-state index < -0.39 is 0 Å². The molecule has 2 rings (SSSR count). The van der Waals surface area contributed by atoms with Crippen molar-refractivity contribution in [1.29, 1.82) is 0 Å². The Kier molecular flexibility index (Phi) is 3.15. The Balaban J connectivity index is 2.15. The Hall–Kier alpha value is -1.90. The van der Waals surface area contributed by atoms with E-state index in [9.17, 15) is 4.79 Å². The number of ketones is 1. The average Bonchev–Trinajstić information content (AvgIpc) is 2.78. The summed E-state index contributed by atoms with van der Waals surface area (Å²) in [4.78, 5) is 16.0. The van der Waals surface area contributed by atoms with Gasteiger partial charge in [-0.05, 0) is 17.7 Å². The number of aryl methyl sites for hydroxylation is 1. The molecule has 0 saturated carbocycles. The van der Waals surface area contributed by atoms with Gasteiger partial charge in [0.2, 0.25) is 0 Å². The molecule has 0 aliphatic rings. The highest BCUT2D eigenvalue weighted by molar-refractivity contribution is 5.98. The first-order valence-corrected chi connectivity index (χ1v) is 5.29. The van der Waals surface area contributed by atoms with Crippen LogP contribution in [0.4, 0.5) is 0 Å². The normalized spacial score (nSPS) is 10.3. The molecule has 0 bridgehead atoms. The molecule has 0 radical (unpaired) electrons. The Morgan fingerprint density at radius 2 is 2.31 bits per heavy atom. The molecule has 0 fully saturated rings. The van der Waals surface area contributed by atoms with Gasteiger partial charge in [-0.15, -0.1) is 0 Å². The first kappa shape index (κ1) is 10.6. The zero-order valence-corrected chi connectivity index (χ0v) is 9.14. The number of carbonyl (C=O) groups excluding carboxylic acids is 1. The molecular formula is C13H13NO2. The average molecular weight is 215 g/mol. The highest BCUT2D eigenvalue weighted by Gasteiger charge is 2.13. The van der Waals surface area contributed by atoms with Gasteiger partial charge in [0.25, 0.3) is 0 Å². The molecule has 0 amide bonds. The lowest BCUT2D eigenvalue weighted by Crippen LogP contribution is -2.04. The van der Waals surface area contributed by atoms with Crippen molar-refractivity contribution in [2.45, 2.75) is 19.8 Å². The van der Waals surface area contributed by atoms with Gasteiger partial charge >= 0.3 is 0 Å². The molecule has 0 unspecified atom stereocenters. The van der Waals surface area contributed by atoms with Crippen molar-refractivity contribution in [3.05, 3.63) is 53.7 Å². The summed E-state index contributed by atoms with van der Waals surface area (Å²) in [6.07, 6.45) is 6.09. The largest absolute Gasteiger partial charge is 0.469 e. The summed E-state index contributed by atoms with van der Waals surface area (Å²) in [6.45, 7) is 1.97. The van der Waals surface area contributed by atoms with E-state index in [0.29, 0.717) is 12.0 Å². The molecule has 2 heterocycles. The van der Waals surface area contributed by atoms with Crippen LogP contribution in [-0.4, -0.2) is 10.8 Å². The van der Waals surface area contributed by atoms with E-state index in [4.69, 9.17) is 4.42 Å². The van der Waals surface area contributed by atoms with Crippen molar-refractivity contribution in [3.8, 4) is 0 Å². The molecule has 3 heteroatoms. The quantitative estimate of drug-likeness (QED) is 0.736. The van der Waals surface area contributed by atoms with E-state index in [1.54, 1.807) is 24.7 Å². The van der Waals surface area contributed by atoms with E-state index in [1.165, 1.54) is 0 Å². The van der Waals surface area contributed by atoms with E-state index in [2.05, 4.69) is 4.98 Å². The molecule has 0 aliphatic carbocycles. The number of Topliss-reactive ketones (excluding diaryl/α,β-unsaturated/α-hetero) is 1. The van der Waals surface area contributed by atoms with Gasteiger partial charge in [-0.25, -0.2) is 0 Å². The number of carbonyl (C=O) groups is 1. The van der Waals surface area contributed by atoms with E-state index in [0.717, 1.165) is 17.7 Å². The van der Waals surface area contributed by atoms with Gasteiger partial charge in [0.1, 0.15) is 5.76 Å². The van der Waals surface area contributed by atoms with Crippen LogP contribution in [0.15, 0.2) is 41.3 Å². The van der Waals surface area contributed by atoms with E-state index >= 15 is 0 Å². The van der Waals surface area contributed by atoms with Crippen LogP contribution in [0.1, 0.15) is 28.6 Å². The number of nitrogens with zero attached hydrogens (tertiary/aromatic N) is 1. The maximum absolute atomic E-state index is 12.0. The molecule has 0 N–H and O–H groups in total. The molecule has 0 aromatic carbocycles. The smallest absolute Gasteiger partial charge is 0.170 e. The van der Waals surface area contributed by atoms with Gasteiger partial charge in [0, 0.05) is 25.2 Å². The Morgan fingerprint density at radius 1 is 1.44 bits per heavy atom. The number of rotatable bonds is 4. The standard InChI is InChI=1S/C13H13NO2/c1-2-13-11(5-7-16-13)12(15)8-10-4-3-6-14-9-10/h3-7,9H,2,8H2,1H3. The van der Waals surface area contributed by atoms with Crippen LogP contribution in [-0.2, 0) is 12.8 Å². The van der Waals surface area contributed by atoms with Crippen LogP contribution < -0.4 is 0 Å². The number of hydrogen-bond acceptors (Lipinski definition) is 3. The summed E-state index contributed by atoms with van der Waals surface area (Å²) < 4.78 is 5.24. The third-order valence-electron chi connectivity index (χ3n) is 2.45. The SMILES string of the molecule is CCc1occc1C(=O)Cc1cccnc1. The molecule has 0 saturated heterocycles. The minimum absolute atomic E-state index is 0.0820. The summed E-state index contributed by atoms with van der Waals surface area (Å²) in [6, 6.07) is 5.47. The van der Waals surface area contributed by atoms with Gasteiger partial charge in [0.05, 0.1) is 11.8 Å². The van der Waals surface area contributed by atoms with Crippen molar-refractivity contribution in [2.75, 3.05) is 0 Å². The highest BCUT2D eigenvalue weighted by atomic mass is 16.3. The summed E-state index contributed by atoms with van der Waals surface area (Å²) >= 11 is 0. The van der Waals surface area contributed by atoms with Crippen LogP contribution >= 0.6 is 0 Å². The molecule has 2 aromatic rings. The predicted octanol–water partition coefficient (Wildman–Crippen LogP) is 2.66. The fourth-order valence-corrected chi connectivity index (χ4v) is 1.65. The first-order valence-electron chi connectivity index (χ1n) is 5.29. The third-order valence-corrected chi connectivity index (χ3v) is 2.45. The first-order chi connectivity index (χ1) is 7.81. The van der Waals surface area contributed by atoms with E-state index in [1.807, 2.05) is 19.1 Å². The van der Waals surface area contributed by atoms with Crippen LogP contribution in [0.2, 0.25) is 0 Å². The number of aromatic nitrogens is 1. The monoisotopic (exact) mass is 215 g/mol. The lowest BCUT2D eigenvalue weighted by atomic mass is 10.0. The lowest BCUT2D eigenvalue weighted by molar-refractivity contribution is 0.0991. The molecule has 0 aliphatic heterocycles. The number of pyridine rings is 1. The van der Waals surface area contributed by atoms with Gasteiger partial charge in [-0.1, -0.05) is 13.0 Å². The second-order valence-electron chi connectivity index (χ2n) is 3.57. The predicted molar refractivity (Wildman–Crippen MR) is 60.4 cm³/mol. The minimum atomic E-state index is 0.0820. The van der Waals surface area contributed by atoms with Crippen LogP contribution in [0.5, 0.6) is 0 Å². The van der Waals surface area contributed by atoms with Gasteiger partial charge in [-0.2, -0.15) is 0 Å². The maximum atomic E-state index is 12.0. The Morgan fingerprint density at radius 3 is 3.00 bits per heavy atom. The maximum Gasteiger partial charge on any atom is 0.170 e. The molecule has 82 valence electrons. The van der Waals surface area contributed by atoms with Gasteiger partial charge in [0.15, 0.2) is 5.78 Å². The van der Waals surface area contributed by atoms with Gasteiger partial charge < -0.3 is 4.42 Å². The van der Waals surface area contributed by atoms with Crippen molar-refractivity contribution in [3.63, 3.8) is 0 Å². The topological polar surface area (TPSA) is 43.1 Å². The van der Waals surface area contributed by atoms with Crippen molar-refractivity contribution in [2.24, 2.45) is 0 Å².